The molecule has 0 aliphatic carbocycles. The molecule has 0 unspecified atom stereocenters. The molecule has 2 amide bonds. The Kier molecular flexibility index (Phi) is 7.57. The Labute approximate surface area is 175 Å². The fraction of sp³-hybridized carbons (Fsp3) is 0.389. The minimum Gasteiger partial charge on any atom is -0.378 e. The van der Waals surface area contributed by atoms with E-state index < -0.39 is 11.5 Å². The van der Waals surface area contributed by atoms with Gasteiger partial charge in [0.25, 0.3) is 0 Å². The van der Waals surface area contributed by atoms with Crippen LogP contribution in [0.5, 0.6) is 0 Å². The number of rotatable bonds is 7. The van der Waals surface area contributed by atoms with Crippen LogP contribution < -0.4 is 20.9 Å². The standard InChI is InChI=1S/C18H21F3N6O2S/c19-18(20,21)30-14-3-1-13(2-4-14)26-17(28)23-6-5-22-15-11-16(25-12-24-15)27-7-9-29-10-8-27/h1-4,11-12H,5-10H2,(H,22,24,25)(H2,23,26,28). The van der Waals surface area contributed by atoms with Crippen LogP contribution in [0.2, 0.25) is 0 Å². The lowest BCUT2D eigenvalue weighted by atomic mass is 10.3. The summed E-state index contributed by atoms with van der Waals surface area (Å²) in [6.07, 6.45) is 1.48. The highest BCUT2D eigenvalue weighted by molar-refractivity contribution is 8.00. The van der Waals surface area contributed by atoms with Gasteiger partial charge in [-0.25, -0.2) is 14.8 Å². The summed E-state index contributed by atoms with van der Waals surface area (Å²) in [5.74, 6) is 1.46. The van der Waals surface area contributed by atoms with E-state index in [1.54, 1.807) is 0 Å². The smallest absolute Gasteiger partial charge is 0.378 e. The first kappa shape index (κ1) is 22.0. The number of carbonyl (C=O) groups excluding carboxylic acids is 1. The molecule has 162 valence electrons. The highest BCUT2D eigenvalue weighted by Crippen LogP contribution is 2.37. The minimum absolute atomic E-state index is 0.0546. The Morgan fingerprint density at radius 2 is 1.87 bits per heavy atom. The number of urea groups is 1. The highest BCUT2D eigenvalue weighted by atomic mass is 32.2. The third-order valence-electron chi connectivity index (χ3n) is 4.05. The largest absolute Gasteiger partial charge is 0.446 e. The molecule has 1 aliphatic rings. The summed E-state index contributed by atoms with van der Waals surface area (Å²) in [5.41, 5.74) is -3.94. The van der Waals surface area contributed by atoms with Crippen molar-refractivity contribution in [3.63, 3.8) is 0 Å². The Hall–Kier alpha value is -2.73. The SMILES string of the molecule is O=C(NCCNc1cc(N2CCOCC2)ncn1)Nc1ccc(SC(F)(F)F)cc1. The van der Waals surface area contributed by atoms with Crippen LogP contribution >= 0.6 is 11.8 Å². The topological polar surface area (TPSA) is 91.4 Å². The van der Waals surface area contributed by atoms with Crippen LogP contribution in [0.25, 0.3) is 0 Å². The summed E-state index contributed by atoms with van der Waals surface area (Å²) in [7, 11) is 0. The van der Waals surface area contributed by atoms with E-state index in [-0.39, 0.29) is 16.7 Å². The lowest BCUT2D eigenvalue weighted by Crippen LogP contribution is -2.36. The van der Waals surface area contributed by atoms with Crippen molar-refractivity contribution in [3.05, 3.63) is 36.7 Å². The van der Waals surface area contributed by atoms with Gasteiger partial charge in [0.1, 0.15) is 18.0 Å². The van der Waals surface area contributed by atoms with Crippen molar-refractivity contribution in [2.24, 2.45) is 0 Å². The molecule has 0 radical (unpaired) electrons. The van der Waals surface area contributed by atoms with E-state index in [0.29, 0.717) is 37.8 Å². The van der Waals surface area contributed by atoms with Crippen molar-refractivity contribution in [3.8, 4) is 0 Å². The monoisotopic (exact) mass is 442 g/mol. The van der Waals surface area contributed by atoms with Gasteiger partial charge in [0.15, 0.2) is 0 Å². The van der Waals surface area contributed by atoms with Crippen molar-refractivity contribution >= 4 is 35.1 Å². The molecular weight excluding hydrogens is 421 g/mol. The second-order valence-corrected chi connectivity index (χ2v) is 7.38. The van der Waals surface area contributed by atoms with E-state index in [2.05, 4.69) is 30.8 Å². The van der Waals surface area contributed by atoms with Crippen LogP contribution in [-0.2, 0) is 4.74 Å². The average molecular weight is 442 g/mol. The van der Waals surface area contributed by atoms with Gasteiger partial charge < -0.3 is 25.6 Å². The average Bonchev–Trinajstić information content (AvgIpc) is 2.72. The fourth-order valence-corrected chi connectivity index (χ4v) is 3.23. The van der Waals surface area contributed by atoms with Gasteiger partial charge in [-0.05, 0) is 36.0 Å². The number of hydrogen-bond donors (Lipinski definition) is 3. The van der Waals surface area contributed by atoms with E-state index in [0.717, 1.165) is 18.9 Å². The number of benzene rings is 1. The van der Waals surface area contributed by atoms with Gasteiger partial charge in [-0.2, -0.15) is 13.2 Å². The maximum Gasteiger partial charge on any atom is 0.446 e. The first-order valence-corrected chi connectivity index (χ1v) is 10.00. The molecule has 0 atom stereocenters. The summed E-state index contributed by atoms with van der Waals surface area (Å²) in [4.78, 5) is 22.5. The minimum atomic E-state index is -4.34. The van der Waals surface area contributed by atoms with Crippen LogP contribution in [0, 0.1) is 0 Å². The van der Waals surface area contributed by atoms with Crippen molar-refractivity contribution < 1.29 is 22.7 Å². The molecule has 3 rings (SSSR count). The molecule has 0 spiro atoms. The normalized spacial score (nSPS) is 14.3. The van der Waals surface area contributed by atoms with Gasteiger partial charge in [0.05, 0.1) is 13.2 Å². The molecule has 2 heterocycles. The zero-order chi connectivity index (χ0) is 21.4. The second kappa shape index (κ2) is 10.3. The molecule has 1 fully saturated rings. The third-order valence-corrected chi connectivity index (χ3v) is 4.79. The lowest BCUT2D eigenvalue weighted by Gasteiger charge is -2.27. The zero-order valence-corrected chi connectivity index (χ0v) is 16.7. The quantitative estimate of drug-likeness (QED) is 0.448. The number of alkyl halides is 3. The lowest BCUT2D eigenvalue weighted by molar-refractivity contribution is -0.0328. The third kappa shape index (κ3) is 7.26. The number of amides is 2. The summed E-state index contributed by atoms with van der Waals surface area (Å²) in [5, 5.41) is 8.35. The molecule has 8 nitrogen and oxygen atoms in total. The van der Waals surface area contributed by atoms with Crippen molar-refractivity contribution in [1.29, 1.82) is 0 Å². The predicted molar refractivity (Wildman–Crippen MR) is 109 cm³/mol. The summed E-state index contributed by atoms with van der Waals surface area (Å²) >= 11 is -0.203. The molecule has 1 saturated heterocycles. The van der Waals surface area contributed by atoms with E-state index in [4.69, 9.17) is 4.74 Å². The van der Waals surface area contributed by atoms with Gasteiger partial charge in [-0.3, -0.25) is 0 Å². The second-order valence-electron chi connectivity index (χ2n) is 6.24. The predicted octanol–water partition coefficient (Wildman–Crippen LogP) is 3.16. The van der Waals surface area contributed by atoms with Crippen LogP contribution in [0.15, 0.2) is 41.6 Å². The summed E-state index contributed by atoms with van der Waals surface area (Å²) in [6.45, 7) is 3.63. The van der Waals surface area contributed by atoms with E-state index in [1.807, 2.05) is 6.07 Å². The summed E-state index contributed by atoms with van der Waals surface area (Å²) < 4.78 is 42.3. The number of ether oxygens (including phenoxy) is 1. The fourth-order valence-electron chi connectivity index (χ4n) is 2.69. The zero-order valence-electron chi connectivity index (χ0n) is 15.9. The summed E-state index contributed by atoms with van der Waals surface area (Å²) in [6, 6.07) is 6.82. The van der Waals surface area contributed by atoms with E-state index >= 15 is 0 Å². The Balaban J connectivity index is 1.38. The molecule has 1 aromatic heterocycles. The first-order valence-electron chi connectivity index (χ1n) is 9.18. The highest BCUT2D eigenvalue weighted by Gasteiger charge is 2.29. The molecular formula is C18H21F3N6O2S. The molecule has 1 aliphatic heterocycles. The number of nitrogens with zero attached hydrogens (tertiary/aromatic N) is 3. The van der Waals surface area contributed by atoms with Crippen LogP contribution in [0.1, 0.15) is 0 Å². The Bertz CT molecular complexity index is 831. The Morgan fingerprint density at radius 1 is 1.13 bits per heavy atom. The molecule has 30 heavy (non-hydrogen) atoms. The van der Waals surface area contributed by atoms with Gasteiger partial charge >= 0.3 is 11.5 Å². The molecule has 12 heteroatoms. The van der Waals surface area contributed by atoms with Crippen molar-refractivity contribution in [2.75, 3.05) is 54.9 Å². The number of thioether (sulfide) groups is 1. The van der Waals surface area contributed by atoms with Crippen LogP contribution in [0.3, 0.4) is 0 Å². The molecule has 1 aromatic carbocycles. The van der Waals surface area contributed by atoms with Crippen molar-refractivity contribution in [1.82, 2.24) is 15.3 Å². The van der Waals surface area contributed by atoms with Crippen molar-refractivity contribution in [2.45, 2.75) is 10.4 Å². The number of aromatic nitrogens is 2. The van der Waals surface area contributed by atoms with Gasteiger partial charge in [0.2, 0.25) is 0 Å². The maximum absolute atomic E-state index is 12.3. The van der Waals surface area contributed by atoms with Gasteiger partial charge in [0, 0.05) is 42.8 Å². The van der Waals surface area contributed by atoms with Crippen LogP contribution in [-0.4, -0.2) is 60.9 Å². The molecule has 3 N–H and O–H groups in total. The number of morpholine rings is 1. The first-order chi connectivity index (χ1) is 14.4. The maximum atomic E-state index is 12.3. The van der Waals surface area contributed by atoms with E-state index in [9.17, 15) is 18.0 Å². The Morgan fingerprint density at radius 3 is 2.57 bits per heavy atom. The number of halogens is 3. The molecule has 2 aromatic rings. The molecule has 0 bridgehead atoms. The number of anilines is 3. The number of hydrogen-bond acceptors (Lipinski definition) is 7. The van der Waals surface area contributed by atoms with Gasteiger partial charge in [-0.15, -0.1) is 0 Å². The number of carbonyl (C=O) groups is 1. The van der Waals surface area contributed by atoms with Gasteiger partial charge in [-0.1, -0.05) is 0 Å². The van der Waals surface area contributed by atoms with Crippen LogP contribution in [0.4, 0.5) is 35.3 Å². The van der Waals surface area contributed by atoms with E-state index in [1.165, 1.54) is 30.6 Å². The molecule has 0 saturated carbocycles. The number of nitrogens with one attached hydrogen (secondary N) is 3.